The van der Waals surface area contributed by atoms with Crippen LogP contribution in [-0.4, -0.2) is 9.55 Å². The van der Waals surface area contributed by atoms with Crippen LogP contribution < -0.4 is 5.73 Å². The first kappa shape index (κ1) is 12.4. The lowest BCUT2D eigenvalue weighted by atomic mass is 10.1. The lowest BCUT2D eigenvalue weighted by Gasteiger charge is -2.07. The van der Waals surface area contributed by atoms with Gasteiger partial charge in [0.05, 0.1) is 5.56 Å². The van der Waals surface area contributed by atoms with Gasteiger partial charge in [0, 0.05) is 17.5 Å². The molecular formula is C16H15FN4. The smallest absolute Gasteiger partial charge is 0.140 e. The summed E-state index contributed by atoms with van der Waals surface area (Å²) in [4.78, 5) is 4.71. The van der Waals surface area contributed by atoms with E-state index in [0.717, 1.165) is 31.5 Å². The molecule has 4 nitrogen and oxygen atoms in total. The van der Waals surface area contributed by atoms with E-state index < -0.39 is 5.82 Å². The highest BCUT2D eigenvalue weighted by atomic mass is 19.1. The Morgan fingerprint density at radius 1 is 1.29 bits per heavy atom. The van der Waals surface area contributed by atoms with Crippen LogP contribution in [0.25, 0.3) is 11.3 Å². The molecule has 2 aliphatic rings. The van der Waals surface area contributed by atoms with Crippen LogP contribution in [0.3, 0.4) is 0 Å². The highest BCUT2D eigenvalue weighted by molar-refractivity contribution is 5.72. The van der Waals surface area contributed by atoms with E-state index in [2.05, 4.69) is 4.57 Å². The first-order chi connectivity index (χ1) is 10.2. The minimum Gasteiger partial charge on any atom is -0.383 e. The molecule has 2 aromatic rings. The van der Waals surface area contributed by atoms with Crippen LogP contribution in [-0.2, 0) is 0 Å². The molecule has 0 saturated heterocycles. The number of nitrogen functional groups attached to an aromatic ring is 1. The summed E-state index contributed by atoms with van der Waals surface area (Å²) in [6, 6.07) is 6.81. The number of nitrogens with zero attached hydrogens (tertiary/aromatic N) is 3. The standard InChI is InChI=1S/C16H15FN4/c17-13-6-3-10(7-11(13)8-18)14-15(19)21(12-4-5-12)16(20-14)9-1-2-9/h3,6-7,9,12H,1-2,4-5,19H2. The summed E-state index contributed by atoms with van der Waals surface area (Å²) in [5.74, 6) is 1.71. The normalized spacial score (nSPS) is 17.7. The van der Waals surface area contributed by atoms with Gasteiger partial charge in [-0.1, -0.05) is 0 Å². The summed E-state index contributed by atoms with van der Waals surface area (Å²) in [6.45, 7) is 0. The van der Waals surface area contributed by atoms with Gasteiger partial charge in [-0.05, 0) is 43.9 Å². The van der Waals surface area contributed by atoms with Gasteiger partial charge >= 0.3 is 0 Å². The number of benzene rings is 1. The summed E-state index contributed by atoms with van der Waals surface area (Å²) < 4.78 is 15.6. The van der Waals surface area contributed by atoms with Crippen molar-refractivity contribution < 1.29 is 4.39 Å². The van der Waals surface area contributed by atoms with Gasteiger partial charge < -0.3 is 10.3 Å². The first-order valence-corrected chi connectivity index (χ1v) is 7.26. The van der Waals surface area contributed by atoms with Gasteiger partial charge in [0.15, 0.2) is 0 Å². The van der Waals surface area contributed by atoms with Crippen LogP contribution in [0.1, 0.15) is 49.0 Å². The zero-order valence-corrected chi connectivity index (χ0v) is 11.5. The largest absolute Gasteiger partial charge is 0.383 e. The fourth-order valence-corrected chi connectivity index (χ4v) is 2.78. The SMILES string of the molecule is N#Cc1cc(-c2nc(C3CC3)n(C3CC3)c2N)ccc1F. The van der Waals surface area contributed by atoms with E-state index in [4.69, 9.17) is 16.0 Å². The Kier molecular flexibility index (Phi) is 2.55. The number of aromatic nitrogens is 2. The zero-order chi connectivity index (χ0) is 14.6. The third kappa shape index (κ3) is 1.99. The molecule has 1 heterocycles. The average Bonchev–Trinajstić information content (AvgIpc) is 3.38. The molecule has 0 unspecified atom stereocenters. The molecule has 106 valence electrons. The quantitative estimate of drug-likeness (QED) is 0.938. The Morgan fingerprint density at radius 3 is 2.67 bits per heavy atom. The van der Waals surface area contributed by atoms with E-state index in [0.29, 0.717) is 29.0 Å². The van der Waals surface area contributed by atoms with E-state index in [1.54, 1.807) is 6.07 Å². The van der Waals surface area contributed by atoms with Gasteiger partial charge in [-0.3, -0.25) is 0 Å². The third-order valence-electron chi connectivity index (χ3n) is 4.19. The Bertz CT molecular complexity index is 763. The Labute approximate surface area is 122 Å². The number of hydrogen-bond donors (Lipinski definition) is 1. The van der Waals surface area contributed by atoms with E-state index in [-0.39, 0.29) is 5.56 Å². The maximum atomic E-state index is 13.5. The molecule has 0 bridgehead atoms. The number of halogens is 1. The van der Waals surface area contributed by atoms with Gasteiger partial charge in [-0.2, -0.15) is 5.26 Å². The maximum absolute atomic E-state index is 13.5. The van der Waals surface area contributed by atoms with Crippen molar-refractivity contribution in [2.45, 2.75) is 37.6 Å². The predicted molar refractivity (Wildman–Crippen MR) is 77.0 cm³/mol. The molecule has 5 heteroatoms. The minimum atomic E-state index is -0.510. The summed E-state index contributed by atoms with van der Waals surface area (Å²) in [5, 5.41) is 8.97. The lowest BCUT2D eigenvalue weighted by molar-refractivity contribution is 0.624. The van der Waals surface area contributed by atoms with E-state index in [1.807, 2.05) is 6.07 Å². The molecule has 4 rings (SSSR count). The molecule has 0 aliphatic heterocycles. The molecule has 1 aromatic heterocycles. The first-order valence-electron chi connectivity index (χ1n) is 7.26. The number of anilines is 1. The van der Waals surface area contributed by atoms with Crippen molar-refractivity contribution in [2.24, 2.45) is 0 Å². The highest BCUT2D eigenvalue weighted by Gasteiger charge is 2.36. The average molecular weight is 282 g/mol. The van der Waals surface area contributed by atoms with Crippen molar-refractivity contribution >= 4 is 5.82 Å². The van der Waals surface area contributed by atoms with Crippen molar-refractivity contribution in [3.8, 4) is 17.3 Å². The van der Waals surface area contributed by atoms with E-state index >= 15 is 0 Å². The maximum Gasteiger partial charge on any atom is 0.140 e. The van der Waals surface area contributed by atoms with Crippen molar-refractivity contribution in [3.63, 3.8) is 0 Å². The Hall–Kier alpha value is -2.35. The minimum absolute atomic E-state index is 0.0286. The summed E-state index contributed by atoms with van der Waals surface area (Å²) in [6.07, 6.45) is 4.62. The molecule has 2 saturated carbocycles. The van der Waals surface area contributed by atoms with Crippen molar-refractivity contribution in [1.82, 2.24) is 9.55 Å². The number of nitriles is 1. The summed E-state index contributed by atoms with van der Waals surface area (Å²) >= 11 is 0. The molecule has 1 aromatic carbocycles. The van der Waals surface area contributed by atoms with Gasteiger partial charge in [-0.25, -0.2) is 9.37 Å². The monoisotopic (exact) mass is 282 g/mol. The second-order valence-electron chi connectivity index (χ2n) is 5.89. The fourth-order valence-electron chi connectivity index (χ4n) is 2.78. The number of hydrogen-bond acceptors (Lipinski definition) is 3. The molecule has 0 amide bonds. The number of nitrogens with two attached hydrogens (primary N) is 1. The van der Waals surface area contributed by atoms with Gasteiger partial charge in [-0.15, -0.1) is 0 Å². The molecule has 21 heavy (non-hydrogen) atoms. The van der Waals surface area contributed by atoms with Crippen LogP contribution in [0.2, 0.25) is 0 Å². The van der Waals surface area contributed by atoms with Crippen molar-refractivity contribution in [1.29, 1.82) is 5.26 Å². The second kappa shape index (κ2) is 4.32. The number of imidazole rings is 1. The Balaban J connectivity index is 1.85. The second-order valence-corrected chi connectivity index (χ2v) is 5.89. The van der Waals surface area contributed by atoms with Crippen LogP contribution in [0.4, 0.5) is 10.2 Å². The van der Waals surface area contributed by atoms with Crippen LogP contribution in [0.15, 0.2) is 18.2 Å². The molecule has 0 atom stereocenters. The molecule has 2 aliphatic carbocycles. The number of rotatable bonds is 3. The zero-order valence-electron chi connectivity index (χ0n) is 11.5. The fraction of sp³-hybridized carbons (Fsp3) is 0.375. The van der Waals surface area contributed by atoms with Gasteiger partial charge in [0.1, 0.15) is 29.2 Å². The topological polar surface area (TPSA) is 67.6 Å². The molecule has 2 fully saturated rings. The van der Waals surface area contributed by atoms with Crippen LogP contribution in [0, 0.1) is 17.1 Å². The highest BCUT2D eigenvalue weighted by Crippen LogP contribution is 2.48. The third-order valence-corrected chi connectivity index (χ3v) is 4.19. The molecule has 0 spiro atoms. The van der Waals surface area contributed by atoms with Crippen molar-refractivity contribution in [3.05, 3.63) is 35.4 Å². The van der Waals surface area contributed by atoms with Crippen LogP contribution in [0.5, 0.6) is 0 Å². The van der Waals surface area contributed by atoms with Crippen LogP contribution >= 0.6 is 0 Å². The van der Waals surface area contributed by atoms with E-state index in [1.165, 1.54) is 12.1 Å². The summed E-state index contributed by atoms with van der Waals surface area (Å²) in [5.41, 5.74) is 7.72. The van der Waals surface area contributed by atoms with Gasteiger partial charge in [0.25, 0.3) is 0 Å². The lowest BCUT2D eigenvalue weighted by Crippen LogP contribution is -2.04. The van der Waals surface area contributed by atoms with Crippen molar-refractivity contribution in [2.75, 3.05) is 5.73 Å². The predicted octanol–water partition coefficient (Wildman–Crippen LogP) is 3.36. The molecular weight excluding hydrogens is 267 g/mol. The summed E-state index contributed by atoms with van der Waals surface area (Å²) in [7, 11) is 0. The Morgan fingerprint density at radius 2 is 2.05 bits per heavy atom. The molecule has 0 radical (unpaired) electrons. The van der Waals surface area contributed by atoms with Gasteiger partial charge in [0.2, 0.25) is 0 Å². The van der Waals surface area contributed by atoms with E-state index in [9.17, 15) is 4.39 Å². The molecule has 2 N–H and O–H groups in total.